The van der Waals surface area contributed by atoms with Gasteiger partial charge < -0.3 is 19.5 Å². The van der Waals surface area contributed by atoms with Gasteiger partial charge in [0.05, 0.1) is 31.4 Å². The smallest absolute Gasteiger partial charge is 0.243 e. The Kier molecular flexibility index (Phi) is 8.57. The van der Waals surface area contributed by atoms with Gasteiger partial charge in [-0.05, 0) is 39.3 Å². The van der Waals surface area contributed by atoms with Crippen molar-refractivity contribution in [2.24, 2.45) is 0 Å². The molecule has 3 aromatic rings. The molecule has 1 aliphatic heterocycles. The number of halogens is 1. The third kappa shape index (κ3) is 6.07. The Balaban J connectivity index is 1.79. The number of methoxy groups -OCH3 is 2. The molecule has 2 N–H and O–H groups in total. The molecule has 0 radical (unpaired) electrons. The van der Waals surface area contributed by atoms with Crippen LogP contribution in [0.2, 0.25) is 5.02 Å². The third-order valence-corrected chi connectivity index (χ3v) is 7.97. The number of sulfonamides is 1. The van der Waals surface area contributed by atoms with Crippen molar-refractivity contribution in [3.63, 3.8) is 0 Å². The van der Waals surface area contributed by atoms with Crippen molar-refractivity contribution in [3.05, 3.63) is 47.3 Å². The average molecular weight is 580 g/mol. The number of ether oxygens (including phenoxy) is 3. The zero-order chi connectivity index (χ0) is 28.3. The second-order valence-electron chi connectivity index (χ2n) is 9.10. The van der Waals surface area contributed by atoms with E-state index in [1.165, 1.54) is 38.1 Å². The highest BCUT2D eigenvalue weighted by Crippen LogP contribution is 2.38. The maximum absolute atomic E-state index is 13.8. The number of carbonyl (C=O) groups is 1. The third-order valence-electron chi connectivity index (χ3n) is 6.08. The summed E-state index contributed by atoms with van der Waals surface area (Å²) in [6.07, 6.45) is 2.15. The summed E-state index contributed by atoms with van der Waals surface area (Å²) < 4.78 is 48.6. The minimum atomic E-state index is -4.19. The largest absolute Gasteiger partial charge is 0.494 e. The quantitative estimate of drug-likeness (QED) is 0.345. The maximum Gasteiger partial charge on any atom is 0.243 e. The van der Waals surface area contributed by atoms with E-state index in [9.17, 15) is 13.2 Å². The molecular formula is C24H30ClN7O6S. The summed E-state index contributed by atoms with van der Waals surface area (Å²) >= 11 is 5.93. The van der Waals surface area contributed by atoms with Crippen LogP contribution in [-0.2, 0) is 19.6 Å². The van der Waals surface area contributed by atoms with Crippen LogP contribution in [0.25, 0.3) is 5.69 Å². The molecule has 2 aromatic heterocycles. The van der Waals surface area contributed by atoms with Gasteiger partial charge in [0, 0.05) is 18.8 Å². The zero-order valence-electron chi connectivity index (χ0n) is 22.1. The van der Waals surface area contributed by atoms with E-state index in [0.29, 0.717) is 40.9 Å². The summed E-state index contributed by atoms with van der Waals surface area (Å²) in [6, 6.07) is 4.61. The molecule has 210 valence electrons. The Bertz CT molecular complexity index is 1410. The second-order valence-corrected chi connectivity index (χ2v) is 11.6. The van der Waals surface area contributed by atoms with Gasteiger partial charge in [0.2, 0.25) is 21.9 Å². The fourth-order valence-electron chi connectivity index (χ4n) is 4.20. The molecule has 1 aliphatic rings. The van der Waals surface area contributed by atoms with Gasteiger partial charge >= 0.3 is 0 Å². The first-order valence-corrected chi connectivity index (χ1v) is 14.1. The number of hydrogen-bond acceptors (Lipinski definition) is 10. The Morgan fingerprint density at radius 2 is 1.74 bits per heavy atom. The standard InChI is InChI=1S/C24H30ClN7O6S/c1-13(2)38-21(22-26-11-15(25)12-27-22)14(3)39(34,35)31-24-30-29-23(16-9-10-19(33)28-16)32(24)20-17(36-4)7-6-8-18(20)37-5/h6-8,11-14,16,21H,9-10H2,1-5H3,(H,28,33)(H,30,31)/t14?,16-,21?/m1/s1. The van der Waals surface area contributed by atoms with E-state index in [4.69, 9.17) is 25.8 Å². The van der Waals surface area contributed by atoms with Crippen molar-refractivity contribution in [1.29, 1.82) is 0 Å². The van der Waals surface area contributed by atoms with Gasteiger partial charge in [-0.15, -0.1) is 10.2 Å². The minimum absolute atomic E-state index is 0.124. The van der Waals surface area contributed by atoms with Crippen LogP contribution in [0.4, 0.5) is 5.95 Å². The van der Waals surface area contributed by atoms with Crippen LogP contribution in [0.1, 0.15) is 57.4 Å². The van der Waals surface area contributed by atoms with Crippen LogP contribution in [0.5, 0.6) is 11.5 Å². The maximum atomic E-state index is 13.8. The molecule has 2 unspecified atom stereocenters. The Morgan fingerprint density at radius 1 is 1.10 bits per heavy atom. The lowest BCUT2D eigenvalue weighted by Gasteiger charge is -2.25. The van der Waals surface area contributed by atoms with Crippen molar-refractivity contribution < 1.29 is 27.4 Å². The van der Waals surface area contributed by atoms with Gasteiger partial charge in [0.15, 0.2) is 11.6 Å². The summed E-state index contributed by atoms with van der Waals surface area (Å²) in [5, 5.41) is 10.4. The molecular weight excluding hydrogens is 550 g/mol. The molecule has 1 amide bonds. The van der Waals surface area contributed by atoms with E-state index in [-0.39, 0.29) is 23.8 Å². The molecule has 15 heteroatoms. The summed E-state index contributed by atoms with van der Waals surface area (Å²) in [5.41, 5.74) is 0.366. The van der Waals surface area contributed by atoms with E-state index in [1.807, 2.05) is 0 Å². The van der Waals surface area contributed by atoms with E-state index in [0.717, 1.165) is 0 Å². The number of nitrogens with zero attached hydrogens (tertiary/aromatic N) is 5. The number of nitrogens with one attached hydrogen (secondary N) is 2. The summed E-state index contributed by atoms with van der Waals surface area (Å²) in [4.78, 5) is 20.4. The predicted octanol–water partition coefficient (Wildman–Crippen LogP) is 2.98. The Hall–Kier alpha value is -3.49. The first kappa shape index (κ1) is 28.5. The molecule has 1 saturated heterocycles. The second kappa shape index (κ2) is 11.7. The van der Waals surface area contributed by atoms with E-state index < -0.39 is 27.4 Å². The number of rotatable bonds is 11. The number of anilines is 1. The highest BCUT2D eigenvalue weighted by Gasteiger charge is 2.37. The van der Waals surface area contributed by atoms with Crippen LogP contribution in [0, 0.1) is 0 Å². The number of aromatic nitrogens is 5. The lowest BCUT2D eigenvalue weighted by atomic mass is 10.2. The van der Waals surface area contributed by atoms with Crippen molar-refractivity contribution in [2.45, 2.75) is 57.1 Å². The SMILES string of the molecule is COc1cccc(OC)c1-n1c(NS(=O)(=O)C(C)C(OC(C)C)c2ncc(Cl)cn2)nnc1[C@H]1CCC(=O)N1. The molecule has 13 nitrogen and oxygen atoms in total. The molecule has 4 rings (SSSR count). The average Bonchev–Trinajstić information content (AvgIpc) is 3.52. The van der Waals surface area contributed by atoms with Gasteiger partial charge in [0.1, 0.15) is 28.5 Å². The van der Waals surface area contributed by atoms with Gasteiger partial charge in [-0.2, -0.15) is 0 Å². The number of para-hydroxylation sites is 1. The van der Waals surface area contributed by atoms with Crippen LogP contribution in [-0.4, -0.2) is 64.6 Å². The topological polar surface area (TPSA) is 159 Å². The lowest BCUT2D eigenvalue weighted by molar-refractivity contribution is -0.119. The van der Waals surface area contributed by atoms with Gasteiger partial charge in [-0.25, -0.2) is 18.4 Å². The lowest BCUT2D eigenvalue weighted by Crippen LogP contribution is -2.35. The summed E-state index contributed by atoms with van der Waals surface area (Å²) in [5.74, 6) is 0.959. The zero-order valence-corrected chi connectivity index (χ0v) is 23.7. The molecule has 0 aliphatic carbocycles. The highest BCUT2D eigenvalue weighted by molar-refractivity contribution is 7.93. The van der Waals surface area contributed by atoms with Crippen LogP contribution >= 0.6 is 11.6 Å². The molecule has 1 aromatic carbocycles. The highest BCUT2D eigenvalue weighted by atomic mass is 35.5. The Labute approximate surface area is 231 Å². The van der Waals surface area contributed by atoms with Crippen molar-refractivity contribution in [1.82, 2.24) is 30.0 Å². The van der Waals surface area contributed by atoms with Crippen molar-refractivity contribution >= 4 is 33.5 Å². The Morgan fingerprint density at radius 3 is 2.28 bits per heavy atom. The van der Waals surface area contributed by atoms with Gasteiger partial charge in [-0.1, -0.05) is 17.7 Å². The first-order valence-electron chi connectivity index (χ1n) is 12.2. The number of hydrogen-bond donors (Lipinski definition) is 2. The van der Waals surface area contributed by atoms with Crippen molar-refractivity contribution in [3.8, 4) is 17.2 Å². The number of carbonyl (C=O) groups excluding carboxylic acids is 1. The minimum Gasteiger partial charge on any atom is -0.494 e. The molecule has 3 heterocycles. The predicted molar refractivity (Wildman–Crippen MR) is 143 cm³/mol. The fourth-order valence-corrected chi connectivity index (χ4v) is 5.38. The first-order chi connectivity index (χ1) is 18.6. The van der Waals surface area contributed by atoms with Crippen LogP contribution in [0.3, 0.4) is 0 Å². The van der Waals surface area contributed by atoms with E-state index in [1.54, 1.807) is 32.0 Å². The summed E-state index contributed by atoms with van der Waals surface area (Å²) in [7, 11) is -1.23. The van der Waals surface area contributed by atoms with Crippen molar-refractivity contribution in [2.75, 3.05) is 18.9 Å². The van der Waals surface area contributed by atoms with Gasteiger partial charge in [0.25, 0.3) is 0 Å². The van der Waals surface area contributed by atoms with Crippen LogP contribution in [0.15, 0.2) is 30.6 Å². The fraction of sp³-hybridized carbons (Fsp3) is 0.458. The molecule has 0 bridgehead atoms. The normalized spacial score (nSPS) is 17.1. The van der Waals surface area contributed by atoms with E-state index >= 15 is 0 Å². The molecule has 3 atom stereocenters. The van der Waals surface area contributed by atoms with E-state index in [2.05, 4.69) is 30.2 Å². The number of amides is 1. The van der Waals surface area contributed by atoms with Crippen LogP contribution < -0.4 is 19.5 Å². The summed E-state index contributed by atoms with van der Waals surface area (Å²) in [6.45, 7) is 5.04. The molecule has 1 fully saturated rings. The number of benzene rings is 1. The molecule has 39 heavy (non-hydrogen) atoms. The molecule has 0 spiro atoms. The van der Waals surface area contributed by atoms with Gasteiger partial charge in [-0.3, -0.25) is 14.1 Å². The monoisotopic (exact) mass is 579 g/mol. The molecule has 0 saturated carbocycles.